The van der Waals surface area contributed by atoms with Crippen LogP contribution in [0.1, 0.15) is 27.7 Å². The van der Waals surface area contributed by atoms with Crippen molar-refractivity contribution >= 4 is 13.6 Å². The number of nitrogens with two attached hydrogens (primary N) is 1. The summed E-state index contributed by atoms with van der Waals surface area (Å²) in [4.78, 5) is 11.5. The first kappa shape index (κ1) is 17.6. The van der Waals surface area contributed by atoms with Crippen LogP contribution in [-0.2, 0) is 23.1 Å². The van der Waals surface area contributed by atoms with Gasteiger partial charge in [-0.05, 0) is 26.7 Å². The highest BCUT2D eigenvalue weighted by atomic mass is 31.2. The Morgan fingerprint density at radius 1 is 1.17 bits per heavy atom. The van der Waals surface area contributed by atoms with Gasteiger partial charge in [0.1, 0.15) is 6.04 Å². The van der Waals surface area contributed by atoms with Crippen LogP contribution in [0.4, 0.5) is 0 Å². The molecule has 0 amide bonds. The molecule has 0 aliphatic rings. The first-order valence-electron chi connectivity index (χ1n) is 6.20. The van der Waals surface area contributed by atoms with Gasteiger partial charge in [0.15, 0.2) is 0 Å². The van der Waals surface area contributed by atoms with Gasteiger partial charge >= 0.3 is 13.6 Å². The summed E-state index contributed by atoms with van der Waals surface area (Å²) in [6.07, 6.45) is 0.106. The Balaban J connectivity index is 4.54. The second-order valence-corrected chi connectivity index (χ2v) is 5.99. The minimum Gasteiger partial charge on any atom is -0.465 e. The molecule has 2 N–H and O–H groups in total. The van der Waals surface area contributed by atoms with E-state index in [0.717, 1.165) is 0 Å². The number of rotatable bonds is 9. The van der Waals surface area contributed by atoms with E-state index in [1.807, 2.05) is 0 Å². The quantitative estimate of drug-likeness (QED) is 0.512. The first-order valence-corrected chi connectivity index (χ1v) is 7.93. The van der Waals surface area contributed by atoms with Gasteiger partial charge in [0, 0.05) is 0 Å². The van der Waals surface area contributed by atoms with Crippen LogP contribution in [0, 0.1) is 5.92 Å². The van der Waals surface area contributed by atoms with Gasteiger partial charge in [-0.2, -0.15) is 0 Å². The van der Waals surface area contributed by atoms with Gasteiger partial charge in [-0.25, -0.2) is 0 Å². The molecule has 0 fully saturated rings. The minimum absolute atomic E-state index is 0.106. The molecule has 7 heteroatoms. The molecule has 0 saturated carbocycles. The standard InChI is InChI=1S/C11H24NO5P/c1-5-15-11(13)10(12)9(4)8-18(14,16-6-2)17-7-3/h9-10H,5-8,12H2,1-4H3/t9-,10+/m1/s1. The second-order valence-electron chi connectivity index (χ2n) is 3.88. The number of hydrogen-bond donors (Lipinski definition) is 1. The normalized spacial score (nSPS) is 15.2. The Kier molecular flexibility index (Phi) is 8.44. The van der Waals surface area contributed by atoms with Gasteiger partial charge < -0.3 is 19.5 Å². The molecule has 6 nitrogen and oxygen atoms in total. The lowest BCUT2D eigenvalue weighted by Gasteiger charge is -2.23. The zero-order valence-electron chi connectivity index (χ0n) is 11.5. The molecular formula is C11H24NO5P. The minimum atomic E-state index is -3.18. The highest BCUT2D eigenvalue weighted by Crippen LogP contribution is 2.49. The molecule has 0 aromatic rings. The van der Waals surface area contributed by atoms with Gasteiger partial charge in [0.25, 0.3) is 0 Å². The van der Waals surface area contributed by atoms with E-state index in [4.69, 9.17) is 19.5 Å². The van der Waals surface area contributed by atoms with Crippen molar-refractivity contribution in [1.29, 1.82) is 0 Å². The molecule has 0 rings (SSSR count). The number of esters is 1. The van der Waals surface area contributed by atoms with E-state index in [1.54, 1.807) is 27.7 Å². The van der Waals surface area contributed by atoms with E-state index in [9.17, 15) is 9.36 Å². The average Bonchev–Trinajstić information content (AvgIpc) is 2.28. The third-order valence-electron chi connectivity index (χ3n) is 2.33. The number of hydrogen-bond acceptors (Lipinski definition) is 6. The van der Waals surface area contributed by atoms with E-state index in [0.29, 0.717) is 13.2 Å². The fourth-order valence-electron chi connectivity index (χ4n) is 1.47. The Morgan fingerprint density at radius 3 is 2.06 bits per heavy atom. The Bertz CT molecular complexity index is 287. The number of ether oxygens (including phenoxy) is 1. The van der Waals surface area contributed by atoms with Gasteiger partial charge in [0.05, 0.1) is 26.0 Å². The third-order valence-corrected chi connectivity index (χ3v) is 4.66. The monoisotopic (exact) mass is 281 g/mol. The first-order chi connectivity index (χ1) is 8.40. The molecule has 0 bridgehead atoms. The van der Waals surface area contributed by atoms with Crippen LogP contribution in [-0.4, -0.2) is 38.0 Å². The molecule has 0 saturated heterocycles. The summed E-state index contributed by atoms with van der Waals surface area (Å²) in [5, 5.41) is 0. The third kappa shape index (κ3) is 5.96. The summed E-state index contributed by atoms with van der Waals surface area (Å²) >= 11 is 0. The fourth-order valence-corrected chi connectivity index (χ4v) is 3.48. The molecule has 0 aromatic carbocycles. The molecule has 0 heterocycles. The molecule has 2 atom stereocenters. The highest BCUT2D eigenvalue weighted by Gasteiger charge is 2.32. The summed E-state index contributed by atoms with van der Waals surface area (Å²) in [5.41, 5.74) is 5.74. The molecule has 0 aliphatic heterocycles. The largest absolute Gasteiger partial charge is 0.465 e. The fraction of sp³-hybridized carbons (Fsp3) is 0.909. The van der Waals surface area contributed by atoms with Crippen molar-refractivity contribution in [2.75, 3.05) is 26.0 Å². The lowest BCUT2D eigenvalue weighted by Crippen LogP contribution is -2.39. The van der Waals surface area contributed by atoms with Crippen LogP contribution in [0.3, 0.4) is 0 Å². The van der Waals surface area contributed by atoms with Gasteiger partial charge in [-0.15, -0.1) is 0 Å². The SMILES string of the molecule is CCOC(=O)[C@@H](N)[C@H](C)CP(=O)(OCC)OCC. The number of carbonyl (C=O) groups is 1. The zero-order chi connectivity index (χ0) is 14.2. The van der Waals surface area contributed by atoms with Crippen LogP contribution in [0.15, 0.2) is 0 Å². The van der Waals surface area contributed by atoms with Crippen molar-refractivity contribution in [3.63, 3.8) is 0 Å². The van der Waals surface area contributed by atoms with Crippen molar-refractivity contribution in [2.24, 2.45) is 11.7 Å². The summed E-state index contributed by atoms with van der Waals surface area (Å²) in [5.74, 6) is -0.836. The lowest BCUT2D eigenvalue weighted by atomic mass is 10.1. The second kappa shape index (κ2) is 8.64. The van der Waals surface area contributed by atoms with Crippen molar-refractivity contribution in [2.45, 2.75) is 33.7 Å². The summed E-state index contributed by atoms with van der Waals surface area (Å²) in [7, 11) is -3.18. The predicted molar refractivity (Wildman–Crippen MR) is 69.5 cm³/mol. The predicted octanol–water partition coefficient (Wildman–Crippen LogP) is 1.78. The maximum absolute atomic E-state index is 12.3. The average molecular weight is 281 g/mol. The van der Waals surface area contributed by atoms with Crippen LogP contribution < -0.4 is 5.73 Å². The zero-order valence-corrected chi connectivity index (χ0v) is 12.4. The molecular weight excluding hydrogens is 257 g/mol. The number of carbonyl (C=O) groups excluding carboxylic acids is 1. The van der Waals surface area contributed by atoms with Crippen molar-refractivity contribution < 1.29 is 23.1 Å². The van der Waals surface area contributed by atoms with Crippen molar-refractivity contribution in [3.8, 4) is 0 Å². The Hall–Kier alpha value is -0.420. The molecule has 18 heavy (non-hydrogen) atoms. The van der Waals surface area contributed by atoms with Gasteiger partial charge in [0.2, 0.25) is 0 Å². The smallest absolute Gasteiger partial charge is 0.331 e. The van der Waals surface area contributed by atoms with E-state index < -0.39 is 19.6 Å². The lowest BCUT2D eigenvalue weighted by molar-refractivity contribution is -0.145. The van der Waals surface area contributed by atoms with Crippen LogP contribution >= 0.6 is 7.60 Å². The van der Waals surface area contributed by atoms with E-state index in [1.165, 1.54) is 0 Å². The molecule has 108 valence electrons. The molecule has 0 spiro atoms. The Morgan fingerprint density at radius 2 is 1.67 bits per heavy atom. The van der Waals surface area contributed by atoms with E-state index in [-0.39, 0.29) is 18.7 Å². The summed E-state index contributed by atoms with van der Waals surface area (Å²) < 4.78 is 27.4. The summed E-state index contributed by atoms with van der Waals surface area (Å²) in [6.45, 7) is 7.77. The van der Waals surface area contributed by atoms with Crippen LogP contribution in [0.2, 0.25) is 0 Å². The molecule has 0 aromatic heterocycles. The van der Waals surface area contributed by atoms with Crippen LogP contribution in [0.5, 0.6) is 0 Å². The van der Waals surface area contributed by atoms with Crippen molar-refractivity contribution in [3.05, 3.63) is 0 Å². The van der Waals surface area contributed by atoms with Crippen LogP contribution in [0.25, 0.3) is 0 Å². The maximum atomic E-state index is 12.3. The highest BCUT2D eigenvalue weighted by molar-refractivity contribution is 7.53. The van der Waals surface area contributed by atoms with E-state index >= 15 is 0 Å². The Labute approximate surface area is 109 Å². The van der Waals surface area contributed by atoms with E-state index in [2.05, 4.69) is 0 Å². The maximum Gasteiger partial charge on any atom is 0.331 e. The van der Waals surface area contributed by atoms with Gasteiger partial charge in [-0.1, -0.05) is 6.92 Å². The molecule has 0 unspecified atom stereocenters. The molecule has 0 radical (unpaired) electrons. The molecule has 0 aliphatic carbocycles. The van der Waals surface area contributed by atoms with Gasteiger partial charge in [-0.3, -0.25) is 9.36 Å². The van der Waals surface area contributed by atoms with Crippen molar-refractivity contribution in [1.82, 2.24) is 0 Å². The summed E-state index contributed by atoms with van der Waals surface area (Å²) in [6, 6.07) is -0.820. The topological polar surface area (TPSA) is 87.9 Å².